The molecule has 0 radical (unpaired) electrons. The first-order valence-corrected chi connectivity index (χ1v) is 6.57. The third-order valence-corrected chi connectivity index (χ3v) is 3.60. The van der Waals surface area contributed by atoms with E-state index in [1.807, 2.05) is 0 Å². The highest BCUT2D eigenvalue weighted by Gasteiger charge is 2.21. The molecule has 6 nitrogen and oxygen atoms in total. The molecule has 0 unspecified atom stereocenters. The topological polar surface area (TPSA) is 76.3 Å². The number of rotatable bonds is 2. The molecule has 2 heterocycles. The molecule has 0 bridgehead atoms. The Labute approximate surface area is 107 Å². The van der Waals surface area contributed by atoms with Gasteiger partial charge in [-0.2, -0.15) is 4.98 Å². The quantitative estimate of drug-likeness (QED) is 0.586. The fourth-order valence-corrected chi connectivity index (χ4v) is 2.61. The van der Waals surface area contributed by atoms with E-state index in [9.17, 15) is 0 Å². The van der Waals surface area contributed by atoms with Gasteiger partial charge in [0, 0.05) is 18.7 Å². The Balaban J connectivity index is 1.94. The second kappa shape index (κ2) is 5.07. The van der Waals surface area contributed by atoms with Gasteiger partial charge < -0.3 is 15.1 Å². The van der Waals surface area contributed by atoms with Crippen LogP contribution in [-0.2, 0) is 17.6 Å². The summed E-state index contributed by atoms with van der Waals surface area (Å²) in [7, 11) is 0. The smallest absolute Gasteiger partial charge is 0.227 e. The first-order valence-electron chi connectivity index (χ1n) is 6.57. The van der Waals surface area contributed by atoms with E-state index >= 15 is 0 Å². The van der Waals surface area contributed by atoms with E-state index in [-0.39, 0.29) is 0 Å². The average Bonchev–Trinajstić information content (AvgIpc) is 2.47. The minimum absolute atomic E-state index is 0.742. The van der Waals surface area contributed by atoms with Crippen LogP contribution in [-0.4, -0.2) is 36.3 Å². The summed E-state index contributed by atoms with van der Waals surface area (Å²) in [6, 6.07) is 0. The molecule has 0 atom stereocenters. The van der Waals surface area contributed by atoms with Gasteiger partial charge in [-0.15, -0.1) is 0 Å². The molecule has 6 heteroatoms. The molecule has 3 N–H and O–H groups in total. The van der Waals surface area contributed by atoms with Crippen molar-refractivity contribution in [2.45, 2.75) is 25.7 Å². The Bertz CT molecular complexity index is 413. The van der Waals surface area contributed by atoms with Gasteiger partial charge in [0.25, 0.3) is 0 Å². The zero-order valence-electron chi connectivity index (χ0n) is 10.5. The van der Waals surface area contributed by atoms with Gasteiger partial charge in [0.1, 0.15) is 5.82 Å². The standard InChI is InChI=1S/C12H19N5O/c13-16-11-9-3-1-2-4-10(9)14-12(15-11)17-5-7-18-8-6-17/h1-8,13H2,(H,14,15,16). The number of nitrogens with zero attached hydrogens (tertiary/aromatic N) is 3. The summed E-state index contributed by atoms with van der Waals surface area (Å²) in [4.78, 5) is 11.4. The van der Waals surface area contributed by atoms with Crippen molar-refractivity contribution in [2.75, 3.05) is 36.6 Å². The van der Waals surface area contributed by atoms with Gasteiger partial charge in [-0.1, -0.05) is 0 Å². The number of aryl methyl sites for hydroxylation is 1. The van der Waals surface area contributed by atoms with Crippen molar-refractivity contribution in [1.29, 1.82) is 0 Å². The predicted octanol–water partition coefficient (Wildman–Crippen LogP) is 0.478. The summed E-state index contributed by atoms with van der Waals surface area (Å²) >= 11 is 0. The molecule has 1 aliphatic heterocycles. The lowest BCUT2D eigenvalue weighted by Crippen LogP contribution is -2.38. The molecule has 1 saturated heterocycles. The largest absolute Gasteiger partial charge is 0.378 e. The molecule has 0 saturated carbocycles. The van der Waals surface area contributed by atoms with Crippen LogP contribution >= 0.6 is 0 Å². The first kappa shape index (κ1) is 11.7. The Morgan fingerprint density at radius 3 is 2.67 bits per heavy atom. The first-order chi connectivity index (χ1) is 8.88. The van der Waals surface area contributed by atoms with E-state index in [4.69, 9.17) is 15.6 Å². The van der Waals surface area contributed by atoms with E-state index in [2.05, 4.69) is 15.3 Å². The maximum Gasteiger partial charge on any atom is 0.227 e. The van der Waals surface area contributed by atoms with Crippen molar-refractivity contribution >= 4 is 11.8 Å². The summed E-state index contributed by atoms with van der Waals surface area (Å²) < 4.78 is 5.35. The molecule has 1 fully saturated rings. The molecule has 98 valence electrons. The average molecular weight is 249 g/mol. The molecule has 3 rings (SSSR count). The molecule has 1 aliphatic carbocycles. The lowest BCUT2D eigenvalue weighted by molar-refractivity contribution is 0.122. The minimum Gasteiger partial charge on any atom is -0.378 e. The monoisotopic (exact) mass is 249 g/mol. The molecule has 0 amide bonds. The SMILES string of the molecule is NNc1nc(N2CCOCC2)nc2c1CCCC2. The summed E-state index contributed by atoms with van der Waals surface area (Å²) in [5, 5.41) is 0. The normalized spacial score (nSPS) is 19.5. The van der Waals surface area contributed by atoms with Gasteiger partial charge in [0.15, 0.2) is 0 Å². The van der Waals surface area contributed by atoms with E-state index in [0.29, 0.717) is 0 Å². The van der Waals surface area contributed by atoms with E-state index in [1.54, 1.807) is 0 Å². The second-order valence-corrected chi connectivity index (χ2v) is 4.75. The number of aromatic nitrogens is 2. The van der Waals surface area contributed by atoms with Crippen LogP contribution in [0.1, 0.15) is 24.1 Å². The van der Waals surface area contributed by atoms with E-state index in [0.717, 1.165) is 56.6 Å². The maximum absolute atomic E-state index is 5.59. The Morgan fingerprint density at radius 1 is 1.11 bits per heavy atom. The number of ether oxygens (including phenoxy) is 1. The van der Waals surface area contributed by atoms with Crippen molar-refractivity contribution in [3.8, 4) is 0 Å². The fraction of sp³-hybridized carbons (Fsp3) is 0.667. The van der Waals surface area contributed by atoms with Crippen LogP contribution in [0.3, 0.4) is 0 Å². The minimum atomic E-state index is 0.742. The summed E-state index contributed by atoms with van der Waals surface area (Å²) in [6.45, 7) is 3.18. The third kappa shape index (κ3) is 2.13. The second-order valence-electron chi connectivity index (χ2n) is 4.75. The molecule has 1 aromatic heterocycles. The molecule has 1 aromatic rings. The van der Waals surface area contributed by atoms with Crippen LogP contribution < -0.4 is 16.2 Å². The molecule has 0 aromatic carbocycles. The number of hydrogen-bond acceptors (Lipinski definition) is 6. The Hall–Kier alpha value is -1.40. The summed E-state index contributed by atoms with van der Waals surface area (Å²) in [6.07, 6.45) is 4.46. The summed E-state index contributed by atoms with van der Waals surface area (Å²) in [5.74, 6) is 7.17. The maximum atomic E-state index is 5.59. The number of nitrogens with two attached hydrogens (primary N) is 1. The molecule has 2 aliphatic rings. The third-order valence-electron chi connectivity index (χ3n) is 3.60. The zero-order valence-corrected chi connectivity index (χ0v) is 10.5. The zero-order chi connectivity index (χ0) is 12.4. The van der Waals surface area contributed by atoms with Crippen molar-refractivity contribution < 1.29 is 4.74 Å². The van der Waals surface area contributed by atoms with Crippen LogP contribution in [0.4, 0.5) is 11.8 Å². The number of fused-ring (bicyclic) bond motifs is 1. The lowest BCUT2D eigenvalue weighted by Gasteiger charge is -2.28. The molecule has 18 heavy (non-hydrogen) atoms. The van der Waals surface area contributed by atoms with E-state index in [1.165, 1.54) is 18.4 Å². The number of hydrogen-bond donors (Lipinski definition) is 2. The van der Waals surface area contributed by atoms with Crippen molar-refractivity contribution in [3.05, 3.63) is 11.3 Å². The van der Waals surface area contributed by atoms with Crippen LogP contribution in [0.15, 0.2) is 0 Å². The highest BCUT2D eigenvalue weighted by molar-refractivity contribution is 5.51. The van der Waals surface area contributed by atoms with E-state index < -0.39 is 0 Å². The predicted molar refractivity (Wildman–Crippen MR) is 69.5 cm³/mol. The van der Waals surface area contributed by atoms with Gasteiger partial charge in [-0.25, -0.2) is 10.8 Å². The van der Waals surface area contributed by atoms with Gasteiger partial charge in [-0.3, -0.25) is 0 Å². The van der Waals surface area contributed by atoms with Gasteiger partial charge >= 0.3 is 0 Å². The fourth-order valence-electron chi connectivity index (χ4n) is 2.61. The lowest BCUT2D eigenvalue weighted by atomic mass is 9.96. The Morgan fingerprint density at radius 2 is 1.89 bits per heavy atom. The highest BCUT2D eigenvalue weighted by Crippen LogP contribution is 2.27. The van der Waals surface area contributed by atoms with Gasteiger partial charge in [0.05, 0.1) is 18.9 Å². The van der Waals surface area contributed by atoms with Crippen LogP contribution in [0.2, 0.25) is 0 Å². The molecular weight excluding hydrogens is 230 g/mol. The van der Waals surface area contributed by atoms with Crippen molar-refractivity contribution in [1.82, 2.24) is 9.97 Å². The molecule has 0 spiro atoms. The van der Waals surface area contributed by atoms with Crippen LogP contribution in [0.25, 0.3) is 0 Å². The van der Waals surface area contributed by atoms with Gasteiger partial charge in [0.2, 0.25) is 5.95 Å². The number of morpholine rings is 1. The highest BCUT2D eigenvalue weighted by atomic mass is 16.5. The summed E-state index contributed by atoms with van der Waals surface area (Å²) in [5.41, 5.74) is 5.08. The van der Waals surface area contributed by atoms with Crippen molar-refractivity contribution in [3.63, 3.8) is 0 Å². The Kier molecular flexibility index (Phi) is 3.29. The number of nitrogen functional groups attached to an aromatic ring is 1. The number of nitrogens with one attached hydrogen (secondary N) is 1. The molecular formula is C12H19N5O. The van der Waals surface area contributed by atoms with Gasteiger partial charge in [-0.05, 0) is 25.7 Å². The number of anilines is 2. The van der Waals surface area contributed by atoms with Crippen molar-refractivity contribution in [2.24, 2.45) is 5.84 Å². The van der Waals surface area contributed by atoms with Crippen LogP contribution in [0, 0.1) is 0 Å². The van der Waals surface area contributed by atoms with Crippen LogP contribution in [0.5, 0.6) is 0 Å². The number of hydrazine groups is 1.